The van der Waals surface area contributed by atoms with Crippen molar-refractivity contribution in [2.45, 2.75) is 37.6 Å². The molecular formula is C15H19ClN4O2S. The van der Waals surface area contributed by atoms with E-state index in [-0.39, 0.29) is 11.2 Å². The molecule has 1 amide bonds. The molecular weight excluding hydrogens is 336 g/mol. The van der Waals surface area contributed by atoms with Gasteiger partial charge in [-0.2, -0.15) is 0 Å². The SMILES string of the molecule is CCc1nc(SC(C)C(=O)Nc2cc(C)c(Cl)cc2OC)n[nH]1. The number of hydrogen-bond acceptors (Lipinski definition) is 5. The molecule has 0 spiro atoms. The molecule has 8 heteroatoms. The summed E-state index contributed by atoms with van der Waals surface area (Å²) in [6, 6.07) is 3.48. The number of amides is 1. The third-order valence-corrected chi connectivity index (χ3v) is 4.60. The molecule has 2 aromatic rings. The van der Waals surface area contributed by atoms with Gasteiger partial charge in [0, 0.05) is 17.5 Å². The first kappa shape index (κ1) is 17.6. The molecule has 2 N–H and O–H groups in total. The number of aromatic nitrogens is 3. The summed E-state index contributed by atoms with van der Waals surface area (Å²) in [6.07, 6.45) is 0.773. The molecule has 0 fully saturated rings. The highest BCUT2D eigenvalue weighted by atomic mass is 35.5. The van der Waals surface area contributed by atoms with Crippen LogP contribution in [-0.4, -0.2) is 33.4 Å². The Kier molecular flexibility index (Phi) is 5.90. The number of aromatic amines is 1. The summed E-state index contributed by atoms with van der Waals surface area (Å²) in [7, 11) is 1.54. The maximum atomic E-state index is 12.4. The number of nitrogens with one attached hydrogen (secondary N) is 2. The highest BCUT2D eigenvalue weighted by Crippen LogP contribution is 2.31. The van der Waals surface area contributed by atoms with Gasteiger partial charge < -0.3 is 10.1 Å². The van der Waals surface area contributed by atoms with Crippen LogP contribution in [0.15, 0.2) is 17.3 Å². The Morgan fingerprint density at radius 2 is 2.26 bits per heavy atom. The van der Waals surface area contributed by atoms with Crippen LogP contribution >= 0.6 is 23.4 Å². The minimum absolute atomic E-state index is 0.155. The summed E-state index contributed by atoms with van der Waals surface area (Å²) in [5, 5.41) is 10.6. The van der Waals surface area contributed by atoms with Gasteiger partial charge >= 0.3 is 0 Å². The fourth-order valence-electron chi connectivity index (χ4n) is 1.86. The summed E-state index contributed by atoms with van der Waals surface area (Å²) in [5.41, 5.74) is 1.46. The molecule has 1 atom stereocenters. The first-order chi connectivity index (χ1) is 10.9. The minimum atomic E-state index is -0.351. The molecule has 0 bridgehead atoms. The van der Waals surface area contributed by atoms with E-state index in [2.05, 4.69) is 20.5 Å². The largest absolute Gasteiger partial charge is 0.495 e. The van der Waals surface area contributed by atoms with E-state index in [1.165, 1.54) is 18.9 Å². The number of carbonyl (C=O) groups is 1. The van der Waals surface area contributed by atoms with Gasteiger partial charge in [-0.1, -0.05) is 30.3 Å². The third-order valence-electron chi connectivity index (χ3n) is 3.24. The molecule has 0 saturated carbocycles. The fraction of sp³-hybridized carbons (Fsp3) is 0.400. The highest BCUT2D eigenvalue weighted by molar-refractivity contribution is 8.00. The molecule has 1 aromatic heterocycles. The number of thioether (sulfide) groups is 1. The zero-order chi connectivity index (χ0) is 17.0. The van der Waals surface area contributed by atoms with Crippen molar-refractivity contribution in [2.24, 2.45) is 0 Å². The number of nitrogens with zero attached hydrogens (tertiary/aromatic N) is 2. The number of aryl methyl sites for hydroxylation is 2. The first-order valence-electron chi connectivity index (χ1n) is 7.17. The van der Waals surface area contributed by atoms with Crippen LogP contribution in [-0.2, 0) is 11.2 Å². The maximum absolute atomic E-state index is 12.4. The number of hydrogen-bond donors (Lipinski definition) is 2. The number of H-pyrrole nitrogens is 1. The molecule has 0 aliphatic carbocycles. The van der Waals surface area contributed by atoms with Gasteiger partial charge in [0.2, 0.25) is 11.1 Å². The van der Waals surface area contributed by atoms with Gasteiger partial charge in [0.05, 0.1) is 18.0 Å². The summed E-state index contributed by atoms with van der Waals surface area (Å²) in [4.78, 5) is 16.7. The normalized spacial score (nSPS) is 12.0. The first-order valence-corrected chi connectivity index (χ1v) is 8.43. The molecule has 1 unspecified atom stereocenters. The topological polar surface area (TPSA) is 79.9 Å². The van der Waals surface area contributed by atoms with Crippen LogP contribution in [0.2, 0.25) is 5.02 Å². The number of benzene rings is 1. The number of anilines is 1. The van der Waals surface area contributed by atoms with Crippen molar-refractivity contribution in [2.75, 3.05) is 12.4 Å². The number of rotatable bonds is 6. The van der Waals surface area contributed by atoms with Crippen molar-refractivity contribution in [3.63, 3.8) is 0 Å². The monoisotopic (exact) mass is 354 g/mol. The lowest BCUT2D eigenvalue weighted by atomic mass is 10.2. The van der Waals surface area contributed by atoms with Crippen LogP contribution in [0, 0.1) is 6.92 Å². The second-order valence-electron chi connectivity index (χ2n) is 4.97. The molecule has 2 rings (SSSR count). The molecule has 1 heterocycles. The van der Waals surface area contributed by atoms with Crippen LogP contribution in [0.5, 0.6) is 5.75 Å². The average Bonchev–Trinajstić information content (AvgIpc) is 2.98. The van der Waals surface area contributed by atoms with E-state index in [1.54, 1.807) is 19.1 Å². The van der Waals surface area contributed by atoms with E-state index in [0.29, 0.717) is 21.6 Å². The Hall–Kier alpha value is -1.73. The zero-order valence-corrected chi connectivity index (χ0v) is 15.0. The van der Waals surface area contributed by atoms with Crippen LogP contribution in [0.1, 0.15) is 25.2 Å². The second-order valence-corrected chi connectivity index (χ2v) is 6.68. The zero-order valence-electron chi connectivity index (χ0n) is 13.4. The van der Waals surface area contributed by atoms with E-state index in [9.17, 15) is 4.79 Å². The minimum Gasteiger partial charge on any atom is -0.495 e. The van der Waals surface area contributed by atoms with E-state index >= 15 is 0 Å². The molecule has 0 saturated heterocycles. The predicted octanol–water partition coefficient (Wildman–Crippen LogP) is 3.46. The summed E-state index contributed by atoms with van der Waals surface area (Å²) < 4.78 is 5.26. The third kappa shape index (κ3) is 4.39. The Bertz CT molecular complexity index is 705. The van der Waals surface area contributed by atoms with Gasteiger partial charge in [-0.3, -0.25) is 9.89 Å². The quantitative estimate of drug-likeness (QED) is 0.776. The summed E-state index contributed by atoms with van der Waals surface area (Å²) in [6.45, 7) is 5.66. The van der Waals surface area contributed by atoms with E-state index in [0.717, 1.165) is 17.8 Å². The van der Waals surface area contributed by atoms with Gasteiger partial charge in [0.1, 0.15) is 11.6 Å². The summed E-state index contributed by atoms with van der Waals surface area (Å²) >= 11 is 7.37. The van der Waals surface area contributed by atoms with Crippen LogP contribution < -0.4 is 10.1 Å². The van der Waals surface area contributed by atoms with Crippen molar-refractivity contribution in [1.29, 1.82) is 0 Å². The predicted molar refractivity (Wildman–Crippen MR) is 92.5 cm³/mol. The Labute approximate surface area is 144 Å². The van der Waals surface area contributed by atoms with Gasteiger partial charge in [-0.15, -0.1) is 5.10 Å². The number of carbonyl (C=O) groups excluding carboxylic acids is 1. The van der Waals surface area contributed by atoms with Gasteiger partial charge in [0.15, 0.2) is 0 Å². The molecule has 0 aliphatic rings. The van der Waals surface area contributed by atoms with E-state index < -0.39 is 0 Å². The van der Waals surface area contributed by atoms with Crippen molar-refractivity contribution in [3.8, 4) is 5.75 Å². The Balaban J connectivity index is 2.07. The Morgan fingerprint density at radius 3 is 2.87 bits per heavy atom. The Morgan fingerprint density at radius 1 is 1.52 bits per heavy atom. The molecule has 0 radical (unpaired) electrons. The van der Waals surface area contributed by atoms with Crippen molar-refractivity contribution in [1.82, 2.24) is 15.2 Å². The fourth-order valence-corrected chi connectivity index (χ4v) is 2.76. The molecule has 6 nitrogen and oxygen atoms in total. The molecule has 1 aromatic carbocycles. The molecule has 124 valence electrons. The molecule has 0 aliphatic heterocycles. The number of halogens is 1. The highest BCUT2D eigenvalue weighted by Gasteiger charge is 2.19. The van der Waals surface area contributed by atoms with Gasteiger partial charge in [-0.05, 0) is 25.5 Å². The maximum Gasteiger partial charge on any atom is 0.237 e. The molecule has 23 heavy (non-hydrogen) atoms. The van der Waals surface area contributed by atoms with Gasteiger partial charge in [0.25, 0.3) is 0 Å². The van der Waals surface area contributed by atoms with Crippen LogP contribution in [0.3, 0.4) is 0 Å². The van der Waals surface area contributed by atoms with Gasteiger partial charge in [-0.25, -0.2) is 4.98 Å². The second kappa shape index (κ2) is 7.70. The number of ether oxygens (including phenoxy) is 1. The average molecular weight is 355 g/mol. The van der Waals surface area contributed by atoms with Crippen molar-refractivity contribution in [3.05, 3.63) is 28.5 Å². The van der Waals surface area contributed by atoms with E-state index in [4.69, 9.17) is 16.3 Å². The lowest BCUT2D eigenvalue weighted by Crippen LogP contribution is -2.23. The lowest BCUT2D eigenvalue weighted by molar-refractivity contribution is -0.115. The standard InChI is InChI=1S/C15H19ClN4O2S/c1-5-13-18-15(20-19-13)23-9(3)14(21)17-11-6-8(2)10(16)7-12(11)22-4/h6-7,9H,5H2,1-4H3,(H,17,21)(H,18,19,20). The lowest BCUT2D eigenvalue weighted by Gasteiger charge is -2.14. The van der Waals surface area contributed by atoms with Crippen molar-refractivity contribution >= 4 is 35.0 Å². The smallest absolute Gasteiger partial charge is 0.237 e. The van der Waals surface area contributed by atoms with Crippen LogP contribution in [0.4, 0.5) is 5.69 Å². The van der Waals surface area contributed by atoms with E-state index in [1.807, 2.05) is 13.8 Å². The number of methoxy groups -OCH3 is 1. The van der Waals surface area contributed by atoms with Crippen LogP contribution in [0.25, 0.3) is 0 Å². The summed E-state index contributed by atoms with van der Waals surface area (Å²) in [5.74, 6) is 1.17. The van der Waals surface area contributed by atoms with Crippen molar-refractivity contribution < 1.29 is 9.53 Å².